The lowest BCUT2D eigenvalue weighted by molar-refractivity contribution is -0.119. The molecule has 3 nitrogen and oxygen atoms in total. The van der Waals surface area contributed by atoms with Crippen molar-refractivity contribution in [3.8, 4) is 5.75 Å². The fourth-order valence-corrected chi connectivity index (χ4v) is 1.30. The Bertz CT molecular complexity index is 364. The molecule has 0 atom stereocenters. The minimum Gasteiger partial charge on any atom is -0.508 e. The Hall–Kier alpha value is -1.42. The van der Waals surface area contributed by atoms with E-state index in [1.54, 1.807) is 19.0 Å². The average molecular weight is 211 g/mol. The fourth-order valence-electron chi connectivity index (χ4n) is 1.30. The minimum atomic E-state index is -0.540. The van der Waals surface area contributed by atoms with Gasteiger partial charge in [-0.3, -0.25) is 4.79 Å². The van der Waals surface area contributed by atoms with Crippen molar-refractivity contribution in [2.45, 2.75) is 6.42 Å². The third-order valence-corrected chi connectivity index (χ3v) is 1.92. The lowest BCUT2D eigenvalue weighted by Gasteiger charge is -2.08. The second-order valence-electron chi connectivity index (χ2n) is 3.73. The van der Waals surface area contributed by atoms with Gasteiger partial charge in [0.25, 0.3) is 0 Å². The van der Waals surface area contributed by atoms with E-state index < -0.39 is 5.82 Å². The van der Waals surface area contributed by atoms with Crippen molar-refractivity contribution in [3.05, 3.63) is 29.6 Å². The Labute approximate surface area is 88.1 Å². The van der Waals surface area contributed by atoms with Crippen molar-refractivity contribution < 1.29 is 14.3 Å². The van der Waals surface area contributed by atoms with Crippen LogP contribution in [0.4, 0.5) is 4.39 Å². The van der Waals surface area contributed by atoms with Gasteiger partial charge in [-0.25, -0.2) is 4.39 Å². The van der Waals surface area contributed by atoms with E-state index in [1.807, 2.05) is 0 Å². The van der Waals surface area contributed by atoms with Gasteiger partial charge in [0.15, 0.2) is 5.78 Å². The van der Waals surface area contributed by atoms with Gasteiger partial charge in [-0.2, -0.15) is 0 Å². The molecule has 0 unspecified atom stereocenters. The summed E-state index contributed by atoms with van der Waals surface area (Å²) in [5.41, 5.74) is 0.319. The van der Waals surface area contributed by atoms with Crippen molar-refractivity contribution >= 4 is 5.78 Å². The maximum absolute atomic E-state index is 13.2. The van der Waals surface area contributed by atoms with Crippen LogP contribution in [0.5, 0.6) is 5.75 Å². The Morgan fingerprint density at radius 2 is 2.13 bits per heavy atom. The number of carbonyl (C=O) groups excluding carboxylic acids is 1. The molecule has 1 aromatic carbocycles. The number of ketones is 1. The van der Waals surface area contributed by atoms with Crippen LogP contribution in [0.15, 0.2) is 18.2 Å². The Balaban J connectivity index is 2.68. The highest BCUT2D eigenvalue weighted by Gasteiger charge is 2.09. The van der Waals surface area contributed by atoms with Gasteiger partial charge in [0.1, 0.15) is 11.6 Å². The molecule has 1 N–H and O–H groups in total. The molecule has 15 heavy (non-hydrogen) atoms. The molecule has 0 saturated carbocycles. The molecule has 0 aromatic heterocycles. The number of likely N-dealkylation sites (N-methyl/N-ethyl adjacent to an activating group) is 1. The SMILES string of the molecule is CN(C)CC(=O)Cc1ccc(O)cc1F. The van der Waals surface area contributed by atoms with Gasteiger partial charge in [-0.05, 0) is 25.7 Å². The molecule has 4 heteroatoms. The van der Waals surface area contributed by atoms with Crippen LogP contribution in [0.25, 0.3) is 0 Å². The lowest BCUT2D eigenvalue weighted by atomic mass is 10.1. The normalized spacial score (nSPS) is 10.7. The van der Waals surface area contributed by atoms with E-state index in [9.17, 15) is 9.18 Å². The molecule has 0 aliphatic heterocycles. The van der Waals surface area contributed by atoms with Crippen LogP contribution in [-0.4, -0.2) is 36.4 Å². The summed E-state index contributed by atoms with van der Waals surface area (Å²) in [7, 11) is 3.57. The number of halogens is 1. The summed E-state index contributed by atoms with van der Waals surface area (Å²) in [6.45, 7) is 0.292. The van der Waals surface area contributed by atoms with Crippen LogP contribution < -0.4 is 0 Å². The number of phenolic OH excluding ortho intramolecular Hbond substituents is 1. The molecular formula is C11H14FNO2. The molecule has 1 aromatic rings. The second-order valence-corrected chi connectivity index (χ2v) is 3.73. The zero-order valence-electron chi connectivity index (χ0n) is 8.83. The predicted octanol–water partition coefficient (Wildman–Crippen LogP) is 1.20. The number of Topliss-reactive ketones (excluding diaryl/α,β-unsaturated/α-hetero) is 1. The summed E-state index contributed by atoms with van der Waals surface area (Å²) in [6.07, 6.45) is 0.0598. The topological polar surface area (TPSA) is 40.5 Å². The van der Waals surface area contributed by atoms with E-state index in [4.69, 9.17) is 5.11 Å². The molecule has 0 spiro atoms. The van der Waals surface area contributed by atoms with Crippen LogP contribution >= 0.6 is 0 Å². The van der Waals surface area contributed by atoms with Crippen LogP contribution in [0, 0.1) is 5.82 Å². The molecule has 0 amide bonds. The summed E-state index contributed by atoms with van der Waals surface area (Å²) in [5, 5.41) is 8.98. The number of hydrogen-bond acceptors (Lipinski definition) is 3. The molecule has 1 rings (SSSR count). The third-order valence-electron chi connectivity index (χ3n) is 1.92. The van der Waals surface area contributed by atoms with Gasteiger partial charge in [-0.1, -0.05) is 6.07 Å². The van der Waals surface area contributed by atoms with Gasteiger partial charge in [0, 0.05) is 12.5 Å². The molecular weight excluding hydrogens is 197 g/mol. The van der Waals surface area contributed by atoms with E-state index in [2.05, 4.69) is 0 Å². The highest BCUT2D eigenvalue weighted by molar-refractivity contribution is 5.82. The maximum atomic E-state index is 13.2. The Morgan fingerprint density at radius 3 is 2.67 bits per heavy atom. The summed E-state index contributed by atoms with van der Waals surface area (Å²) in [4.78, 5) is 13.1. The van der Waals surface area contributed by atoms with Crippen LogP contribution in [0.2, 0.25) is 0 Å². The minimum absolute atomic E-state index is 0.0513. The molecule has 0 aliphatic rings. The highest BCUT2D eigenvalue weighted by atomic mass is 19.1. The van der Waals surface area contributed by atoms with Crippen molar-refractivity contribution in [1.82, 2.24) is 4.90 Å². The largest absolute Gasteiger partial charge is 0.508 e. The first-order valence-electron chi connectivity index (χ1n) is 4.63. The maximum Gasteiger partial charge on any atom is 0.151 e. The second kappa shape index (κ2) is 4.89. The smallest absolute Gasteiger partial charge is 0.151 e. The van der Waals surface area contributed by atoms with Gasteiger partial charge < -0.3 is 10.0 Å². The van der Waals surface area contributed by atoms with E-state index in [0.29, 0.717) is 12.1 Å². The zero-order chi connectivity index (χ0) is 11.4. The van der Waals surface area contributed by atoms with Gasteiger partial charge in [0.05, 0.1) is 6.54 Å². The highest BCUT2D eigenvalue weighted by Crippen LogP contribution is 2.15. The van der Waals surface area contributed by atoms with E-state index >= 15 is 0 Å². The van der Waals surface area contributed by atoms with Crippen molar-refractivity contribution in [2.24, 2.45) is 0 Å². The molecule has 0 radical (unpaired) electrons. The first-order valence-corrected chi connectivity index (χ1v) is 4.63. The molecule has 82 valence electrons. The van der Waals surface area contributed by atoms with Gasteiger partial charge in [0.2, 0.25) is 0 Å². The third kappa shape index (κ3) is 3.67. The van der Waals surface area contributed by atoms with Gasteiger partial charge >= 0.3 is 0 Å². The number of carbonyl (C=O) groups is 1. The Morgan fingerprint density at radius 1 is 1.47 bits per heavy atom. The number of rotatable bonds is 4. The van der Waals surface area contributed by atoms with E-state index in [-0.39, 0.29) is 18.0 Å². The molecule has 0 bridgehead atoms. The number of benzene rings is 1. The van der Waals surface area contributed by atoms with Crippen molar-refractivity contribution in [1.29, 1.82) is 0 Å². The number of phenols is 1. The predicted molar refractivity (Wildman–Crippen MR) is 55.3 cm³/mol. The quantitative estimate of drug-likeness (QED) is 0.813. The van der Waals surface area contributed by atoms with Crippen molar-refractivity contribution in [2.75, 3.05) is 20.6 Å². The standard InChI is InChI=1S/C11H14FNO2/c1-13(2)7-10(15)5-8-3-4-9(14)6-11(8)12/h3-4,6,14H,5,7H2,1-2H3. The lowest BCUT2D eigenvalue weighted by Crippen LogP contribution is -2.23. The average Bonchev–Trinajstić information content (AvgIpc) is 2.08. The molecule has 0 saturated heterocycles. The molecule has 0 heterocycles. The van der Waals surface area contributed by atoms with Gasteiger partial charge in [-0.15, -0.1) is 0 Å². The Kier molecular flexibility index (Phi) is 3.80. The summed E-state index contributed by atoms with van der Waals surface area (Å²) < 4.78 is 13.2. The van der Waals surface area contributed by atoms with E-state index in [0.717, 1.165) is 6.07 Å². The zero-order valence-corrected chi connectivity index (χ0v) is 8.83. The van der Waals surface area contributed by atoms with Crippen LogP contribution in [0.3, 0.4) is 0 Å². The number of hydrogen-bond donors (Lipinski definition) is 1. The molecule has 0 aliphatic carbocycles. The summed E-state index contributed by atoms with van der Waals surface area (Å²) >= 11 is 0. The monoisotopic (exact) mass is 211 g/mol. The van der Waals surface area contributed by atoms with Crippen LogP contribution in [-0.2, 0) is 11.2 Å². The molecule has 0 fully saturated rings. The first-order chi connectivity index (χ1) is 6.99. The summed E-state index contributed by atoms with van der Waals surface area (Å²) in [5.74, 6) is -0.719. The van der Waals surface area contributed by atoms with Crippen molar-refractivity contribution in [3.63, 3.8) is 0 Å². The fraction of sp³-hybridized carbons (Fsp3) is 0.364. The summed E-state index contributed by atoms with van der Waals surface area (Å²) in [6, 6.07) is 3.82. The number of nitrogens with zero attached hydrogens (tertiary/aromatic N) is 1. The van der Waals surface area contributed by atoms with Crippen LogP contribution in [0.1, 0.15) is 5.56 Å². The number of aromatic hydroxyl groups is 1. The van der Waals surface area contributed by atoms with E-state index in [1.165, 1.54) is 12.1 Å². The first kappa shape index (κ1) is 11.7.